The molecule has 0 saturated carbocycles. The van der Waals surface area contributed by atoms with Crippen molar-refractivity contribution in [3.8, 4) is 0 Å². The van der Waals surface area contributed by atoms with Gasteiger partial charge in [0.15, 0.2) is 0 Å². The van der Waals surface area contributed by atoms with E-state index in [1.807, 2.05) is 18.2 Å². The second-order valence-corrected chi connectivity index (χ2v) is 5.86. The quantitative estimate of drug-likeness (QED) is 0.575. The summed E-state index contributed by atoms with van der Waals surface area (Å²) in [6.45, 7) is 2.87. The van der Waals surface area contributed by atoms with Crippen LogP contribution in [0.5, 0.6) is 0 Å². The third-order valence-electron chi connectivity index (χ3n) is 3.18. The van der Waals surface area contributed by atoms with E-state index in [1.54, 1.807) is 16.1 Å². The van der Waals surface area contributed by atoms with Crippen LogP contribution in [-0.2, 0) is 6.54 Å². The van der Waals surface area contributed by atoms with Crippen LogP contribution < -0.4 is 5.56 Å². The van der Waals surface area contributed by atoms with Crippen LogP contribution in [0.4, 0.5) is 0 Å². The Balaban J connectivity index is 2.07. The Kier molecular flexibility index (Phi) is 5.30. The molecule has 0 saturated heterocycles. The Morgan fingerprint density at radius 3 is 2.60 bits per heavy atom. The van der Waals surface area contributed by atoms with Gasteiger partial charge < -0.3 is 0 Å². The largest absolute Gasteiger partial charge is 0.288 e. The van der Waals surface area contributed by atoms with Crippen LogP contribution in [0.3, 0.4) is 0 Å². The van der Waals surface area contributed by atoms with Crippen molar-refractivity contribution in [2.24, 2.45) is 0 Å². The number of carbonyl (C=O) groups is 1. The van der Waals surface area contributed by atoms with Crippen molar-refractivity contribution < 1.29 is 4.79 Å². The summed E-state index contributed by atoms with van der Waals surface area (Å²) in [4.78, 5) is 24.6. The molecule has 0 aliphatic rings. The van der Waals surface area contributed by atoms with Gasteiger partial charge in [0.05, 0.1) is 4.88 Å². The molecule has 2 rings (SSSR count). The van der Waals surface area contributed by atoms with E-state index in [9.17, 15) is 9.59 Å². The lowest BCUT2D eigenvalue weighted by atomic mass is 10.1. The van der Waals surface area contributed by atoms with Crippen LogP contribution in [0, 0.1) is 0 Å². The second kappa shape index (κ2) is 7.20. The van der Waals surface area contributed by atoms with Crippen molar-refractivity contribution in [3.63, 3.8) is 0 Å². The van der Waals surface area contributed by atoms with Gasteiger partial charge >= 0.3 is 0 Å². The lowest BCUT2D eigenvalue weighted by molar-refractivity contribution is 0.104. The Morgan fingerprint density at radius 2 is 1.90 bits per heavy atom. The third kappa shape index (κ3) is 3.67. The van der Waals surface area contributed by atoms with Gasteiger partial charge in [0.2, 0.25) is 5.78 Å². The number of aromatic nitrogens is 1. The maximum atomic E-state index is 12.2. The molecule has 0 fully saturated rings. The minimum Gasteiger partial charge on any atom is -0.288 e. The maximum Gasteiger partial charge on any atom is 0.261 e. The van der Waals surface area contributed by atoms with E-state index >= 15 is 0 Å². The number of hydrogen-bond donors (Lipinski definition) is 0. The zero-order chi connectivity index (χ0) is 14.4. The van der Waals surface area contributed by atoms with Crippen LogP contribution in [0.2, 0.25) is 0 Å². The van der Waals surface area contributed by atoms with Gasteiger partial charge in [0.1, 0.15) is 0 Å². The summed E-state index contributed by atoms with van der Waals surface area (Å²) in [7, 11) is 0. The SMILES string of the molecule is CCCCCCn1sc(C(=O)c2ccccc2)cc1=O. The summed E-state index contributed by atoms with van der Waals surface area (Å²) in [6, 6.07) is 10.5. The molecule has 0 amide bonds. The van der Waals surface area contributed by atoms with Gasteiger partial charge in [-0.15, -0.1) is 0 Å². The molecule has 106 valence electrons. The molecule has 20 heavy (non-hydrogen) atoms. The Morgan fingerprint density at radius 1 is 1.15 bits per heavy atom. The summed E-state index contributed by atoms with van der Waals surface area (Å²) in [5, 5.41) is 0. The van der Waals surface area contributed by atoms with Crippen LogP contribution in [-0.4, -0.2) is 9.74 Å². The second-order valence-electron chi connectivity index (χ2n) is 4.80. The molecule has 0 aliphatic heterocycles. The fraction of sp³-hybridized carbons (Fsp3) is 0.375. The van der Waals surface area contributed by atoms with Crippen molar-refractivity contribution in [2.75, 3.05) is 0 Å². The molecule has 4 heteroatoms. The number of hydrogen-bond acceptors (Lipinski definition) is 3. The van der Waals surface area contributed by atoms with E-state index in [0.717, 1.165) is 12.8 Å². The first-order valence-electron chi connectivity index (χ1n) is 7.03. The van der Waals surface area contributed by atoms with Gasteiger partial charge in [0, 0.05) is 18.2 Å². The first kappa shape index (κ1) is 14.7. The van der Waals surface area contributed by atoms with E-state index < -0.39 is 0 Å². The predicted molar refractivity (Wildman–Crippen MR) is 82.6 cm³/mol. The molecule has 0 radical (unpaired) electrons. The van der Waals surface area contributed by atoms with Gasteiger partial charge in [-0.1, -0.05) is 68.1 Å². The first-order valence-corrected chi connectivity index (χ1v) is 7.80. The monoisotopic (exact) mass is 289 g/mol. The highest BCUT2D eigenvalue weighted by Crippen LogP contribution is 2.14. The topological polar surface area (TPSA) is 39.1 Å². The van der Waals surface area contributed by atoms with Crippen molar-refractivity contribution >= 4 is 17.3 Å². The van der Waals surface area contributed by atoms with Gasteiger partial charge in [0.25, 0.3) is 5.56 Å². The highest BCUT2D eigenvalue weighted by atomic mass is 32.1. The minimum absolute atomic E-state index is 0.0641. The molecule has 0 bridgehead atoms. The van der Waals surface area contributed by atoms with Crippen LogP contribution in [0.1, 0.15) is 47.8 Å². The van der Waals surface area contributed by atoms with Crippen molar-refractivity contribution in [2.45, 2.75) is 39.2 Å². The number of rotatable bonds is 7. The fourth-order valence-corrected chi connectivity index (χ4v) is 3.01. The summed E-state index contributed by atoms with van der Waals surface area (Å²) in [5.74, 6) is -0.0694. The van der Waals surface area contributed by atoms with Gasteiger partial charge in [-0.3, -0.25) is 13.5 Å². The number of unbranched alkanes of at least 4 members (excludes halogenated alkanes) is 3. The molecular weight excluding hydrogens is 270 g/mol. The first-order chi connectivity index (χ1) is 9.72. The van der Waals surface area contributed by atoms with Gasteiger partial charge in [-0.2, -0.15) is 0 Å². The smallest absolute Gasteiger partial charge is 0.261 e. The van der Waals surface area contributed by atoms with Crippen LogP contribution in [0.15, 0.2) is 41.2 Å². The fourth-order valence-electron chi connectivity index (χ4n) is 2.05. The summed E-state index contributed by atoms with van der Waals surface area (Å²) in [6.07, 6.45) is 4.49. The molecule has 1 aromatic heterocycles. The lowest BCUT2D eigenvalue weighted by Crippen LogP contribution is -2.11. The molecule has 1 heterocycles. The number of nitrogens with zero attached hydrogens (tertiary/aromatic N) is 1. The predicted octanol–water partition coefficient (Wildman–Crippen LogP) is 3.72. The van der Waals surface area contributed by atoms with E-state index in [4.69, 9.17) is 0 Å². The van der Waals surface area contributed by atoms with Crippen molar-refractivity contribution in [1.29, 1.82) is 0 Å². The Hall–Kier alpha value is -1.68. The normalized spacial score (nSPS) is 10.7. The standard InChI is InChI=1S/C16H19NO2S/c1-2-3-4-8-11-17-15(18)12-14(20-17)16(19)13-9-6-5-7-10-13/h5-7,9-10,12H,2-4,8,11H2,1H3. The molecule has 3 nitrogen and oxygen atoms in total. The van der Waals surface area contributed by atoms with Crippen LogP contribution in [0.25, 0.3) is 0 Å². The average Bonchev–Trinajstić information content (AvgIpc) is 2.85. The molecule has 0 atom stereocenters. The van der Waals surface area contributed by atoms with Gasteiger partial charge in [-0.25, -0.2) is 0 Å². The molecule has 0 N–H and O–H groups in total. The molecule has 0 aliphatic carbocycles. The zero-order valence-corrected chi connectivity index (χ0v) is 12.5. The van der Waals surface area contributed by atoms with Gasteiger partial charge in [-0.05, 0) is 6.42 Å². The summed E-state index contributed by atoms with van der Waals surface area (Å²) < 4.78 is 1.69. The highest BCUT2D eigenvalue weighted by molar-refractivity contribution is 7.08. The van der Waals surface area contributed by atoms with Crippen molar-refractivity contribution in [3.05, 3.63) is 57.2 Å². The Bertz CT molecular complexity index is 613. The van der Waals surface area contributed by atoms with Crippen molar-refractivity contribution in [1.82, 2.24) is 3.96 Å². The number of ketones is 1. The highest BCUT2D eigenvalue weighted by Gasteiger charge is 2.13. The molecule has 1 aromatic carbocycles. The van der Waals surface area contributed by atoms with E-state index in [0.29, 0.717) is 17.0 Å². The zero-order valence-electron chi connectivity index (χ0n) is 11.7. The van der Waals surface area contributed by atoms with E-state index in [2.05, 4.69) is 6.92 Å². The molecule has 0 unspecified atom stereocenters. The summed E-state index contributed by atoms with van der Waals surface area (Å²) in [5.41, 5.74) is 0.567. The molecule has 2 aromatic rings. The maximum absolute atomic E-state index is 12.2. The van der Waals surface area contributed by atoms with E-state index in [1.165, 1.54) is 30.4 Å². The summed E-state index contributed by atoms with van der Waals surface area (Å²) >= 11 is 1.28. The molecular formula is C16H19NO2S. The van der Waals surface area contributed by atoms with Crippen LogP contribution >= 0.6 is 11.5 Å². The number of aryl methyl sites for hydroxylation is 1. The number of carbonyl (C=O) groups excluding carboxylic acids is 1. The number of benzene rings is 1. The van der Waals surface area contributed by atoms with E-state index in [-0.39, 0.29) is 11.3 Å². The Labute approximate surface area is 123 Å². The molecule has 0 spiro atoms. The lowest BCUT2D eigenvalue weighted by Gasteiger charge is -2.00. The average molecular weight is 289 g/mol. The third-order valence-corrected chi connectivity index (χ3v) is 4.27. The minimum atomic E-state index is -0.0694.